The molecule has 1 aliphatic heterocycles. The first-order chi connectivity index (χ1) is 12.7. The lowest BCUT2D eigenvalue weighted by atomic mass is 9.76. The van der Waals surface area contributed by atoms with Gasteiger partial charge in [0.2, 0.25) is 6.29 Å². The first-order valence-electron chi connectivity index (χ1n) is 10.6. The number of amides is 1. The number of aliphatic hydroxyl groups is 1. The molecule has 0 unspecified atom stereocenters. The summed E-state index contributed by atoms with van der Waals surface area (Å²) in [6.45, 7) is 2.72. The Balaban J connectivity index is 1.77. The van der Waals surface area contributed by atoms with E-state index in [-0.39, 0.29) is 30.8 Å². The molecule has 2 aliphatic carbocycles. The lowest BCUT2D eigenvalue weighted by Gasteiger charge is -2.39. The van der Waals surface area contributed by atoms with Crippen molar-refractivity contribution in [2.45, 2.75) is 83.5 Å². The summed E-state index contributed by atoms with van der Waals surface area (Å²) in [4.78, 5) is 12.8. The fourth-order valence-corrected chi connectivity index (χ4v) is 4.99. The molecule has 0 spiro atoms. The van der Waals surface area contributed by atoms with E-state index in [9.17, 15) is 9.90 Å². The smallest absolute Gasteiger partial charge is 0.286 e. The van der Waals surface area contributed by atoms with Crippen LogP contribution >= 0.6 is 0 Å². The van der Waals surface area contributed by atoms with Gasteiger partial charge in [0.1, 0.15) is 0 Å². The van der Waals surface area contributed by atoms with Crippen LogP contribution in [0, 0.1) is 17.8 Å². The quantitative estimate of drug-likeness (QED) is 0.691. The topological polar surface area (TPSA) is 67.8 Å². The summed E-state index contributed by atoms with van der Waals surface area (Å²) >= 11 is 0. The van der Waals surface area contributed by atoms with Gasteiger partial charge in [-0.15, -0.1) is 0 Å². The van der Waals surface area contributed by atoms with E-state index in [1.807, 2.05) is 6.92 Å². The maximum atomic E-state index is 12.8. The zero-order valence-corrected chi connectivity index (χ0v) is 16.1. The highest BCUT2D eigenvalue weighted by Crippen LogP contribution is 2.43. The minimum atomic E-state index is -0.383. The van der Waals surface area contributed by atoms with E-state index < -0.39 is 0 Å². The fourth-order valence-electron chi connectivity index (χ4n) is 4.99. The molecule has 0 radical (unpaired) electrons. The highest BCUT2D eigenvalue weighted by Gasteiger charge is 2.41. The molecular formula is C21H35NO4. The number of rotatable bonds is 8. The van der Waals surface area contributed by atoms with Gasteiger partial charge in [0.25, 0.3) is 5.91 Å². The second kappa shape index (κ2) is 9.75. The number of hydrogen-bond acceptors (Lipinski definition) is 4. The van der Waals surface area contributed by atoms with Gasteiger partial charge in [-0.3, -0.25) is 4.79 Å². The normalized spacial score (nSPS) is 30.2. The Morgan fingerprint density at radius 3 is 2.58 bits per heavy atom. The van der Waals surface area contributed by atoms with Crippen molar-refractivity contribution >= 4 is 5.91 Å². The van der Waals surface area contributed by atoms with Crippen LogP contribution in [-0.4, -0.2) is 36.6 Å². The number of ether oxygens (including phenoxy) is 2. The van der Waals surface area contributed by atoms with Gasteiger partial charge < -0.3 is 19.9 Å². The van der Waals surface area contributed by atoms with Gasteiger partial charge in [0.05, 0.1) is 0 Å². The average Bonchev–Trinajstić information content (AvgIpc) is 3.34. The highest BCUT2D eigenvalue weighted by molar-refractivity contribution is 5.91. The van der Waals surface area contributed by atoms with Gasteiger partial charge in [0, 0.05) is 25.2 Å². The number of nitrogens with one attached hydrogen (secondary N) is 1. The van der Waals surface area contributed by atoms with E-state index in [1.165, 1.54) is 38.5 Å². The third-order valence-corrected chi connectivity index (χ3v) is 6.32. The first-order valence-corrected chi connectivity index (χ1v) is 10.6. The van der Waals surface area contributed by atoms with Gasteiger partial charge >= 0.3 is 0 Å². The van der Waals surface area contributed by atoms with E-state index >= 15 is 0 Å². The Kier molecular flexibility index (Phi) is 7.38. The van der Waals surface area contributed by atoms with Crippen LogP contribution in [0.15, 0.2) is 11.8 Å². The molecule has 0 aromatic carbocycles. The Labute approximate surface area is 157 Å². The summed E-state index contributed by atoms with van der Waals surface area (Å²) in [5.41, 5.74) is 0. The molecule has 3 aliphatic rings. The first kappa shape index (κ1) is 19.7. The molecule has 5 heteroatoms. The van der Waals surface area contributed by atoms with Crippen molar-refractivity contribution < 1.29 is 19.4 Å². The molecule has 1 amide bonds. The summed E-state index contributed by atoms with van der Waals surface area (Å²) in [6.07, 6.45) is 12.8. The number of allylic oxidation sites excluding steroid dienone is 1. The molecule has 1 heterocycles. The SMILES string of the molecule is CCO[C@@H]1OC(C(=O)NC2CCCC2)=C[C@H](C2CCCC2)[C@@H]1CCCO. The predicted octanol–water partition coefficient (Wildman–Crippen LogP) is 3.52. The molecule has 3 rings (SSSR count). The lowest BCUT2D eigenvalue weighted by Crippen LogP contribution is -2.43. The van der Waals surface area contributed by atoms with Crippen molar-refractivity contribution in [3.8, 4) is 0 Å². The summed E-state index contributed by atoms with van der Waals surface area (Å²) in [5.74, 6) is 1.49. The average molecular weight is 366 g/mol. The van der Waals surface area contributed by atoms with Crippen molar-refractivity contribution in [1.29, 1.82) is 0 Å². The largest absolute Gasteiger partial charge is 0.459 e. The third kappa shape index (κ3) is 4.80. The van der Waals surface area contributed by atoms with Crippen LogP contribution in [0.5, 0.6) is 0 Å². The highest BCUT2D eigenvalue weighted by atomic mass is 16.7. The second-order valence-electron chi connectivity index (χ2n) is 8.08. The fraction of sp³-hybridized carbons (Fsp3) is 0.857. The van der Waals surface area contributed by atoms with Crippen LogP contribution in [0.3, 0.4) is 0 Å². The maximum Gasteiger partial charge on any atom is 0.286 e. The van der Waals surface area contributed by atoms with Crippen molar-refractivity contribution in [2.24, 2.45) is 17.8 Å². The van der Waals surface area contributed by atoms with E-state index in [0.717, 1.165) is 25.7 Å². The van der Waals surface area contributed by atoms with E-state index in [2.05, 4.69) is 11.4 Å². The Morgan fingerprint density at radius 2 is 1.92 bits per heavy atom. The van der Waals surface area contributed by atoms with Crippen LogP contribution in [0.1, 0.15) is 71.1 Å². The van der Waals surface area contributed by atoms with Crippen molar-refractivity contribution in [2.75, 3.05) is 13.2 Å². The zero-order chi connectivity index (χ0) is 18.4. The summed E-state index contributed by atoms with van der Waals surface area (Å²) < 4.78 is 12.0. The standard InChI is InChI=1S/C21H35NO4/c1-2-25-21-17(12-7-13-23)18(15-8-3-4-9-15)14-19(26-21)20(24)22-16-10-5-6-11-16/h14-18,21,23H,2-13H2,1H3,(H,22,24)/t17-,18+,21+/m0/s1. The number of carbonyl (C=O) groups is 1. The molecule has 26 heavy (non-hydrogen) atoms. The molecule has 2 N–H and O–H groups in total. The van der Waals surface area contributed by atoms with Crippen LogP contribution in [0.4, 0.5) is 0 Å². The zero-order valence-electron chi connectivity index (χ0n) is 16.1. The molecule has 148 valence electrons. The van der Waals surface area contributed by atoms with Crippen LogP contribution < -0.4 is 5.32 Å². The van der Waals surface area contributed by atoms with E-state index in [4.69, 9.17) is 9.47 Å². The van der Waals surface area contributed by atoms with Crippen LogP contribution in [0.2, 0.25) is 0 Å². The van der Waals surface area contributed by atoms with Crippen molar-refractivity contribution in [3.05, 3.63) is 11.8 Å². The second-order valence-corrected chi connectivity index (χ2v) is 8.08. The lowest BCUT2D eigenvalue weighted by molar-refractivity contribution is -0.176. The van der Waals surface area contributed by atoms with Gasteiger partial charge in [-0.2, -0.15) is 0 Å². The maximum absolute atomic E-state index is 12.8. The molecule has 2 saturated carbocycles. The minimum absolute atomic E-state index is 0.0785. The van der Waals surface area contributed by atoms with Gasteiger partial charge in [0.15, 0.2) is 5.76 Å². The molecular weight excluding hydrogens is 330 g/mol. The summed E-state index contributed by atoms with van der Waals surface area (Å²) in [5, 5.41) is 12.5. The minimum Gasteiger partial charge on any atom is -0.459 e. The van der Waals surface area contributed by atoms with Crippen molar-refractivity contribution in [3.63, 3.8) is 0 Å². The molecule has 0 aromatic heterocycles. The van der Waals surface area contributed by atoms with Crippen molar-refractivity contribution in [1.82, 2.24) is 5.32 Å². The molecule has 2 fully saturated rings. The van der Waals surface area contributed by atoms with E-state index in [1.54, 1.807) is 0 Å². The monoisotopic (exact) mass is 365 g/mol. The van der Waals surface area contributed by atoms with Gasteiger partial charge in [-0.05, 0) is 63.4 Å². The van der Waals surface area contributed by atoms with Crippen LogP contribution in [0.25, 0.3) is 0 Å². The number of aliphatic hydroxyl groups excluding tert-OH is 1. The van der Waals surface area contributed by atoms with E-state index in [0.29, 0.717) is 24.2 Å². The Hall–Kier alpha value is -1.07. The molecule has 0 saturated heterocycles. The van der Waals surface area contributed by atoms with Gasteiger partial charge in [-0.1, -0.05) is 25.7 Å². The predicted molar refractivity (Wildman–Crippen MR) is 100 cm³/mol. The Bertz CT molecular complexity index is 480. The number of hydrogen-bond donors (Lipinski definition) is 2. The summed E-state index contributed by atoms with van der Waals surface area (Å²) in [6, 6.07) is 0.287. The molecule has 3 atom stereocenters. The van der Waals surface area contributed by atoms with Crippen LogP contribution in [-0.2, 0) is 14.3 Å². The number of carbonyl (C=O) groups excluding carboxylic acids is 1. The third-order valence-electron chi connectivity index (χ3n) is 6.32. The molecule has 0 bridgehead atoms. The molecule has 0 aromatic rings. The molecule has 5 nitrogen and oxygen atoms in total. The summed E-state index contributed by atoms with van der Waals surface area (Å²) in [7, 11) is 0. The Morgan fingerprint density at radius 1 is 1.23 bits per heavy atom. The van der Waals surface area contributed by atoms with Gasteiger partial charge in [-0.25, -0.2) is 0 Å².